The monoisotopic (exact) mass is 594 g/mol. The van der Waals surface area contributed by atoms with E-state index in [4.69, 9.17) is 0 Å². The van der Waals surface area contributed by atoms with Gasteiger partial charge in [-0.2, -0.15) is 0 Å². The fraction of sp³-hybridized carbons (Fsp3) is 0.212. The van der Waals surface area contributed by atoms with Crippen LogP contribution in [-0.2, 0) is 4.79 Å². The maximum atomic E-state index is 13.3. The molecule has 1 saturated heterocycles. The van der Waals surface area contributed by atoms with Gasteiger partial charge < -0.3 is 30.4 Å². The summed E-state index contributed by atoms with van der Waals surface area (Å²) in [5, 5.41) is 5.56. The quantitative estimate of drug-likeness (QED) is 0.257. The van der Waals surface area contributed by atoms with Crippen LogP contribution in [0.15, 0.2) is 59.7 Å². The SMILES string of the molecule is Cc1[nH]c(/C=C2\C(=O)Nc3cc(NC(=O)c4c[nH]cc(-c5ccc(F)cc5)c4=O)ccc32)c(C)c1C(=O)N1CCN(C)CC1. The molecule has 10 nitrogen and oxygen atoms in total. The molecule has 0 atom stereocenters. The van der Waals surface area contributed by atoms with Crippen molar-refractivity contribution in [3.05, 3.63) is 105 Å². The summed E-state index contributed by atoms with van der Waals surface area (Å²) in [7, 11) is 2.04. The van der Waals surface area contributed by atoms with Crippen LogP contribution >= 0.6 is 0 Å². The van der Waals surface area contributed by atoms with Crippen molar-refractivity contribution >= 4 is 40.7 Å². The predicted octanol–water partition coefficient (Wildman–Crippen LogP) is 4.26. The third-order valence-corrected chi connectivity index (χ3v) is 8.17. The molecule has 2 aromatic heterocycles. The van der Waals surface area contributed by atoms with E-state index in [0.29, 0.717) is 52.4 Å². The smallest absolute Gasteiger partial charge is 0.261 e. The van der Waals surface area contributed by atoms with Gasteiger partial charge in [-0.1, -0.05) is 18.2 Å². The van der Waals surface area contributed by atoms with Gasteiger partial charge in [-0.3, -0.25) is 19.2 Å². The van der Waals surface area contributed by atoms with Crippen LogP contribution in [-0.4, -0.2) is 70.7 Å². The molecule has 4 heterocycles. The number of nitrogens with one attached hydrogen (secondary N) is 4. The lowest BCUT2D eigenvalue weighted by Gasteiger charge is -2.32. The highest BCUT2D eigenvalue weighted by Gasteiger charge is 2.28. The van der Waals surface area contributed by atoms with Gasteiger partial charge in [0.2, 0.25) is 5.43 Å². The summed E-state index contributed by atoms with van der Waals surface area (Å²) in [6, 6.07) is 10.4. The van der Waals surface area contributed by atoms with Gasteiger partial charge in [0.1, 0.15) is 11.4 Å². The Morgan fingerprint density at radius 1 is 0.955 bits per heavy atom. The molecule has 224 valence electrons. The Kier molecular flexibility index (Phi) is 7.48. The molecule has 4 aromatic rings. The van der Waals surface area contributed by atoms with Crippen LogP contribution in [0.4, 0.5) is 15.8 Å². The summed E-state index contributed by atoms with van der Waals surface area (Å²) in [5.41, 5.74) is 4.86. The number of pyridine rings is 1. The summed E-state index contributed by atoms with van der Waals surface area (Å²) >= 11 is 0. The Labute approximate surface area is 252 Å². The number of H-pyrrole nitrogens is 2. The number of hydrogen-bond donors (Lipinski definition) is 4. The molecule has 44 heavy (non-hydrogen) atoms. The third kappa shape index (κ3) is 5.33. The van der Waals surface area contributed by atoms with E-state index in [-0.39, 0.29) is 22.9 Å². The number of hydrogen-bond acceptors (Lipinski definition) is 5. The van der Waals surface area contributed by atoms with Crippen molar-refractivity contribution in [2.45, 2.75) is 13.8 Å². The van der Waals surface area contributed by atoms with Gasteiger partial charge in [0.05, 0.1) is 16.8 Å². The van der Waals surface area contributed by atoms with Crippen molar-refractivity contribution in [1.29, 1.82) is 0 Å². The highest BCUT2D eigenvalue weighted by atomic mass is 19.1. The number of rotatable bonds is 5. The Morgan fingerprint density at radius 3 is 2.41 bits per heavy atom. The second kappa shape index (κ2) is 11.4. The van der Waals surface area contributed by atoms with Crippen LogP contribution in [0.25, 0.3) is 22.8 Å². The molecule has 11 heteroatoms. The van der Waals surface area contributed by atoms with Crippen LogP contribution in [0.5, 0.6) is 0 Å². The minimum Gasteiger partial charge on any atom is -0.366 e. The minimum absolute atomic E-state index is 0.0207. The third-order valence-electron chi connectivity index (χ3n) is 8.17. The zero-order valence-corrected chi connectivity index (χ0v) is 24.5. The Hall–Kier alpha value is -5.29. The first-order chi connectivity index (χ1) is 21.1. The molecule has 0 bridgehead atoms. The number of likely N-dealkylation sites (N-methyl/N-ethyl adjacent to an activating group) is 1. The minimum atomic E-state index is -0.634. The maximum Gasteiger partial charge on any atom is 0.261 e. The Balaban J connectivity index is 1.23. The van der Waals surface area contributed by atoms with E-state index >= 15 is 0 Å². The number of piperazine rings is 1. The van der Waals surface area contributed by atoms with E-state index < -0.39 is 17.2 Å². The first-order valence-corrected chi connectivity index (χ1v) is 14.2. The molecule has 2 aromatic carbocycles. The standard InChI is InChI=1S/C33H31FN6O4/c1-18-27(36-19(2)29(18)33(44)40-12-10-39(3)11-13-40)15-24-23-9-8-22(14-28(23)38-31(24)42)37-32(43)26-17-35-16-25(30(26)41)20-4-6-21(34)7-5-20/h4-9,14-17,36H,10-13H2,1-3H3,(H,35,41)(H,37,43)(H,38,42)/b24-15-. The molecule has 0 saturated carbocycles. The zero-order valence-electron chi connectivity index (χ0n) is 24.5. The van der Waals surface area contributed by atoms with Crippen LogP contribution in [0.2, 0.25) is 0 Å². The fourth-order valence-electron chi connectivity index (χ4n) is 5.66. The lowest BCUT2D eigenvalue weighted by molar-refractivity contribution is -0.110. The van der Waals surface area contributed by atoms with Crippen molar-refractivity contribution in [3.63, 3.8) is 0 Å². The Morgan fingerprint density at radius 2 is 1.68 bits per heavy atom. The van der Waals surface area contributed by atoms with Crippen molar-refractivity contribution in [1.82, 2.24) is 19.8 Å². The number of anilines is 2. The summed E-state index contributed by atoms with van der Waals surface area (Å²) in [4.78, 5) is 62.6. The first kappa shape index (κ1) is 28.8. The summed E-state index contributed by atoms with van der Waals surface area (Å²) in [6.07, 6.45) is 4.51. The first-order valence-electron chi connectivity index (χ1n) is 14.2. The van der Waals surface area contributed by atoms with Crippen LogP contribution in [0.3, 0.4) is 0 Å². The van der Waals surface area contributed by atoms with Crippen LogP contribution < -0.4 is 16.1 Å². The molecule has 2 aliphatic rings. The number of aromatic nitrogens is 2. The number of nitrogens with zero attached hydrogens (tertiary/aromatic N) is 2. The van der Waals surface area contributed by atoms with Crippen molar-refractivity contribution in [3.8, 4) is 11.1 Å². The number of halogens is 1. The molecule has 2 aliphatic heterocycles. The molecule has 0 unspecified atom stereocenters. The van der Waals surface area contributed by atoms with Gasteiger partial charge in [0.25, 0.3) is 17.7 Å². The highest BCUT2D eigenvalue weighted by Crippen LogP contribution is 2.36. The number of aromatic amines is 2. The number of benzene rings is 2. The number of fused-ring (bicyclic) bond motifs is 1. The lowest BCUT2D eigenvalue weighted by Crippen LogP contribution is -2.47. The highest BCUT2D eigenvalue weighted by molar-refractivity contribution is 6.35. The van der Waals surface area contributed by atoms with Gasteiger partial charge >= 0.3 is 0 Å². The molecule has 0 aliphatic carbocycles. The summed E-state index contributed by atoms with van der Waals surface area (Å²) in [6.45, 7) is 6.71. The largest absolute Gasteiger partial charge is 0.366 e. The van der Waals surface area contributed by atoms with Gasteiger partial charge in [0, 0.05) is 66.8 Å². The van der Waals surface area contributed by atoms with Gasteiger partial charge in [-0.05, 0) is 62.4 Å². The van der Waals surface area contributed by atoms with E-state index in [2.05, 4.69) is 25.5 Å². The van der Waals surface area contributed by atoms with Crippen molar-refractivity contribution < 1.29 is 18.8 Å². The normalized spacial score (nSPS) is 15.8. The van der Waals surface area contributed by atoms with Gasteiger partial charge in [-0.25, -0.2) is 4.39 Å². The second-order valence-electron chi connectivity index (χ2n) is 11.1. The Bertz CT molecular complexity index is 1900. The molecule has 0 spiro atoms. The lowest BCUT2D eigenvalue weighted by atomic mass is 10.0. The molecule has 4 N–H and O–H groups in total. The van der Waals surface area contributed by atoms with Crippen LogP contribution in [0.1, 0.15) is 43.2 Å². The average Bonchev–Trinajstić information content (AvgIpc) is 3.46. The number of carbonyl (C=O) groups is 3. The summed E-state index contributed by atoms with van der Waals surface area (Å²) < 4.78 is 13.3. The van der Waals surface area contributed by atoms with Crippen molar-refractivity contribution in [2.75, 3.05) is 43.9 Å². The molecular weight excluding hydrogens is 563 g/mol. The number of aryl methyl sites for hydroxylation is 1. The average molecular weight is 595 g/mol. The van der Waals surface area contributed by atoms with E-state index in [9.17, 15) is 23.6 Å². The predicted molar refractivity (Wildman–Crippen MR) is 167 cm³/mol. The number of carbonyl (C=O) groups excluding carboxylic acids is 3. The zero-order chi connectivity index (χ0) is 31.1. The van der Waals surface area contributed by atoms with Crippen molar-refractivity contribution in [2.24, 2.45) is 0 Å². The topological polar surface area (TPSA) is 130 Å². The van der Waals surface area contributed by atoms with E-state index in [1.54, 1.807) is 24.3 Å². The molecule has 1 fully saturated rings. The fourth-order valence-corrected chi connectivity index (χ4v) is 5.66. The van der Waals surface area contributed by atoms with Crippen LogP contribution in [0, 0.1) is 19.7 Å². The molecule has 6 rings (SSSR count). The second-order valence-corrected chi connectivity index (χ2v) is 11.1. The van der Waals surface area contributed by atoms with Gasteiger partial charge in [0.15, 0.2) is 0 Å². The molecule has 3 amide bonds. The van der Waals surface area contributed by atoms with E-state index in [1.165, 1.54) is 36.7 Å². The summed E-state index contributed by atoms with van der Waals surface area (Å²) in [5.74, 6) is -1.40. The molecule has 0 radical (unpaired) electrons. The van der Waals surface area contributed by atoms with E-state index in [0.717, 1.165) is 24.3 Å². The van der Waals surface area contributed by atoms with E-state index in [1.807, 2.05) is 25.8 Å². The maximum absolute atomic E-state index is 13.3. The van der Waals surface area contributed by atoms with Gasteiger partial charge in [-0.15, -0.1) is 0 Å². The molecular formula is C33H31FN6O4. The number of amides is 3.